The van der Waals surface area contributed by atoms with Crippen molar-refractivity contribution in [2.24, 2.45) is 0 Å². The van der Waals surface area contributed by atoms with Crippen LogP contribution in [0.15, 0.2) is 36.4 Å². The summed E-state index contributed by atoms with van der Waals surface area (Å²) in [5.41, 5.74) is 1.09. The molecule has 0 saturated heterocycles. The molecule has 0 radical (unpaired) electrons. The molecule has 0 saturated carbocycles. The van der Waals surface area contributed by atoms with Crippen molar-refractivity contribution in [3.05, 3.63) is 52.5 Å². The molecule has 5 heteroatoms. The lowest BCUT2D eigenvalue weighted by molar-refractivity contribution is 0.280. The van der Waals surface area contributed by atoms with Gasteiger partial charge in [-0.1, -0.05) is 17.7 Å². The topological polar surface area (TPSA) is 62.5 Å². The van der Waals surface area contributed by atoms with Gasteiger partial charge in [-0.2, -0.15) is 5.26 Å². The second-order valence-electron chi connectivity index (χ2n) is 4.00. The molecule has 0 aromatic heterocycles. The molecule has 0 aliphatic rings. The Bertz CT molecular complexity index is 665. The van der Waals surface area contributed by atoms with Gasteiger partial charge in [0, 0.05) is 11.1 Å². The van der Waals surface area contributed by atoms with E-state index in [1.807, 2.05) is 6.07 Å². The molecule has 0 unspecified atom stereocenters. The number of benzene rings is 2. The molecule has 2 aromatic rings. The summed E-state index contributed by atoms with van der Waals surface area (Å²) in [6.45, 7) is -0.0861. The molecular weight excluding hydrogens is 278 g/mol. The van der Waals surface area contributed by atoms with E-state index in [0.717, 1.165) is 0 Å². The zero-order valence-corrected chi connectivity index (χ0v) is 11.5. The zero-order valence-electron chi connectivity index (χ0n) is 10.8. The first kappa shape index (κ1) is 14.2. The first-order chi connectivity index (χ1) is 9.67. The Hall–Kier alpha value is -2.22. The van der Waals surface area contributed by atoms with Gasteiger partial charge in [-0.3, -0.25) is 0 Å². The average molecular weight is 290 g/mol. The highest BCUT2D eigenvalue weighted by Crippen LogP contribution is 2.34. The molecule has 102 valence electrons. The van der Waals surface area contributed by atoms with Crippen LogP contribution in [0, 0.1) is 11.3 Å². The fourth-order valence-electron chi connectivity index (χ4n) is 1.69. The molecule has 4 nitrogen and oxygen atoms in total. The third kappa shape index (κ3) is 3.02. The maximum absolute atomic E-state index is 9.10. The molecule has 20 heavy (non-hydrogen) atoms. The Morgan fingerprint density at radius 3 is 2.60 bits per heavy atom. The van der Waals surface area contributed by atoms with Crippen LogP contribution in [0.5, 0.6) is 17.2 Å². The minimum Gasteiger partial charge on any atom is -0.493 e. The normalized spacial score (nSPS) is 9.90. The van der Waals surface area contributed by atoms with Crippen LogP contribution in [0.4, 0.5) is 0 Å². The van der Waals surface area contributed by atoms with E-state index in [0.29, 0.717) is 33.4 Å². The van der Waals surface area contributed by atoms with Crippen LogP contribution in [0.1, 0.15) is 11.1 Å². The number of rotatable bonds is 4. The summed E-state index contributed by atoms with van der Waals surface area (Å²) in [6.07, 6.45) is 0. The van der Waals surface area contributed by atoms with Crippen molar-refractivity contribution in [1.82, 2.24) is 0 Å². The SMILES string of the molecule is COc1cc(CO)ccc1Oc1cc(Cl)ccc1C#N. The van der Waals surface area contributed by atoms with Crippen molar-refractivity contribution in [2.75, 3.05) is 7.11 Å². The van der Waals surface area contributed by atoms with Gasteiger partial charge < -0.3 is 14.6 Å². The summed E-state index contributed by atoms with van der Waals surface area (Å²) in [6, 6.07) is 11.9. The molecular formula is C15H12ClNO3. The van der Waals surface area contributed by atoms with E-state index < -0.39 is 0 Å². The van der Waals surface area contributed by atoms with Crippen LogP contribution in [-0.2, 0) is 6.61 Å². The molecule has 2 rings (SSSR count). The minimum absolute atomic E-state index is 0.0861. The third-order valence-electron chi connectivity index (χ3n) is 2.69. The number of halogens is 1. The van der Waals surface area contributed by atoms with Crippen LogP contribution in [0.3, 0.4) is 0 Å². The second kappa shape index (κ2) is 6.29. The lowest BCUT2D eigenvalue weighted by Crippen LogP contribution is -1.94. The van der Waals surface area contributed by atoms with Gasteiger partial charge in [0.25, 0.3) is 0 Å². The molecule has 0 aliphatic carbocycles. The smallest absolute Gasteiger partial charge is 0.169 e. The molecule has 2 aromatic carbocycles. The van der Waals surface area contributed by atoms with Crippen LogP contribution < -0.4 is 9.47 Å². The summed E-state index contributed by atoms with van der Waals surface area (Å²) in [7, 11) is 1.51. The maximum Gasteiger partial charge on any atom is 0.169 e. The summed E-state index contributed by atoms with van der Waals surface area (Å²) >= 11 is 5.91. The standard InChI is InChI=1S/C15H12ClNO3/c1-19-15-6-10(9-18)2-5-13(15)20-14-7-12(16)4-3-11(14)8-17/h2-7,18H,9H2,1H3. The lowest BCUT2D eigenvalue weighted by atomic mass is 10.2. The Balaban J connectivity index is 2.40. The van der Waals surface area contributed by atoms with Crippen LogP contribution in [-0.4, -0.2) is 12.2 Å². The van der Waals surface area contributed by atoms with E-state index in [-0.39, 0.29) is 6.61 Å². The predicted molar refractivity (Wildman–Crippen MR) is 75.2 cm³/mol. The van der Waals surface area contributed by atoms with E-state index >= 15 is 0 Å². The fourth-order valence-corrected chi connectivity index (χ4v) is 1.85. The summed E-state index contributed by atoms with van der Waals surface area (Å²) in [5, 5.41) is 18.6. The average Bonchev–Trinajstić information content (AvgIpc) is 2.48. The van der Waals surface area contributed by atoms with Crippen LogP contribution in [0.25, 0.3) is 0 Å². The van der Waals surface area contributed by atoms with E-state index in [9.17, 15) is 0 Å². The Labute approximate surface area is 121 Å². The van der Waals surface area contributed by atoms with Crippen LogP contribution in [0.2, 0.25) is 5.02 Å². The molecule has 0 heterocycles. The molecule has 0 fully saturated rings. The number of aliphatic hydroxyl groups is 1. The first-order valence-corrected chi connectivity index (χ1v) is 6.21. The number of ether oxygens (including phenoxy) is 2. The lowest BCUT2D eigenvalue weighted by Gasteiger charge is -2.12. The van der Waals surface area contributed by atoms with Crippen LogP contribution >= 0.6 is 11.6 Å². The number of methoxy groups -OCH3 is 1. The zero-order chi connectivity index (χ0) is 14.5. The van der Waals surface area contributed by atoms with Crippen molar-refractivity contribution >= 4 is 11.6 Å². The molecule has 1 N–H and O–H groups in total. The van der Waals surface area contributed by atoms with Gasteiger partial charge in [0.1, 0.15) is 11.8 Å². The molecule has 0 aliphatic heterocycles. The van der Waals surface area contributed by atoms with Gasteiger partial charge in [-0.15, -0.1) is 0 Å². The highest BCUT2D eigenvalue weighted by atomic mass is 35.5. The first-order valence-electron chi connectivity index (χ1n) is 5.83. The predicted octanol–water partition coefficient (Wildman–Crippen LogP) is 3.50. The summed E-state index contributed by atoms with van der Waals surface area (Å²) in [4.78, 5) is 0. The molecule has 0 spiro atoms. The Morgan fingerprint density at radius 2 is 1.95 bits per heavy atom. The highest BCUT2D eigenvalue weighted by molar-refractivity contribution is 6.30. The van der Waals surface area contributed by atoms with Gasteiger partial charge in [-0.25, -0.2) is 0 Å². The van der Waals surface area contributed by atoms with E-state index in [2.05, 4.69) is 0 Å². The summed E-state index contributed by atoms with van der Waals surface area (Å²) in [5.74, 6) is 1.28. The van der Waals surface area contributed by atoms with Crippen molar-refractivity contribution in [3.63, 3.8) is 0 Å². The van der Waals surface area contributed by atoms with Crippen molar-refractivity contribution in [1.29, 1.82) is 5.26 Å². The minimum atomic E-state index is -0.0861. The van der Waals surface area contributed by atoms with Crippen molar-refractivity contribution < 1.29 is 14.6 Å². The quantitative estimate of drug-likeness (QED) is 0.935. The largest absolute Gasteiger partial charge is 0.493 e. The molecule has 0 atom stereocenters. The monoisotopic (exact) mass is 289 g/mol. The van der Waals surface area contributed by atoms with E-state index in [4.69, 9.17) is 31.4 Å². The Morgan fingerprint density at radius 1 is 1.15 bits per heavy atom. The number of hydrogen-bond donors (Lipinski definition) is 1. The van der Waals surface area contributed by atoms with Gasteiger partial charge in [0.05, 0.1) is 19.3 Å². The van der Waals surface area contributed by atoms with Gasteiger partial charge >= 0.3 is 0 Å². The Kier molecular flexibility index (Phi) is 4.46. The van der Waals surface area contributed by atoms with Crippen molar-refractivity contribution in [2.45, 2.75) is 6.61 Å². The molecule has 0 amide bonds. The number of aliphatic hydroxyl groups excluding tert-OH is 1. The fraction of sp³-hybridized carbons (Fsp3) is 0.133. The van der Waals surface area contributed by atoms with Gasteiger partial charge in [0.15, 0.2) is 11.5 Å². The van der Waals surface area contributed by atoms with E-state index in [1.165, 1.54) is 7.11 Å². The van der Waals surface area contributed by atoms with E-state index in [1.54, 1.807) is 36.4 Å². The molecule has 0 bridgehead atoms. The highest BCUT2D eigenvalue weighted by Gasteiger charge is 2.10. The van der Waals surface area contributed by atoms with Gasteiger partial charge in [0.2, 0.25) is 0 Å². The third-order valence-corrected chi connectivity index (χ3v) is 2.93. The number of hydrogen-bond acceptors (Lipinski definition) is 4. The summed E-state index contributed by atoms with van der Waals surface area (Å²) < 4.78 is 10.9. The second-order valence-corrected chi connectivity index (χ2v) is 4.43. The number of nitriles is 1. The maximum atomic E-state index is 9.10. The number of nitrogens with zero attached hydrogens (tertiary/aromatic N) is 1. The van der Waals surface area contributed by atoms with Gasteiger partial charge in [-0.05, 0) is 29.8 Å². The van der Waals surface area contributed by atoms with Crippen molar-refractivity contribution in [3.8, 4) is 23.3 Å².